The van der Waals surface area contributed by atoms with E-state index in [1.165, 1.54) is 7.11 Å². The fraction of sp³-hybridized carbons (Fsp3) is 0.312. The molecule has 0 aliphatic rings. The van der Waals surface area contributed by atoms with Crippen LogP contribution in [-0.4, -0.2) is 29.9 Å². The van der Waals surface area contributed by atoms with Gasteiger partial charge in [-0.25, -0.2) is 4.68 Å². The van der Waals surface area contributed by atoms with Crippen molar-refractivity contribution in [3.8, 4) is 11.5 Å². The van der Waals surface area contributed by atoms with Gasteiger partial charge < -0.3 is 14.8 Å². The van der Waals surface area contributed by atoms with Gasteiger partial charge in [-0.1, -0.05) is 0 Å². The van der Waals surface area contributed by atoms with Crippen LogP contribution in [0.15, 0.2) is 39.9 Å². The standard InChI is InChI=1S/C16H19N3O5/c1-10(12-5-4-11(23-2)8-13(12)24-3)17-15(21)9-19-16(22)7-6-14(20)18-19/h4-8,10H,9H2,1-3H3,(H,17,21)(H,18,20)/t10-/m1/s1. The molecule has 8 heteroatoms. The highest BCUT2D eigenvalue weighted by Gasteiger charge is 2.15. The molecule has 1 aromatic heterocycles. The van der Waals surface area contributed by atoms with E-state index in [0.717, 1.165) is 22.4 Å². The smallest absolute Gasteiger partial charge is 0.265 e. The average Bonchev–Trinajstić information content (AvgIpc) is 2.57. The van der Waals surface area contributed by atoms with Crippen LogP contribution < -0.4 is 25.9 Å². The van der Waals surface area contributed by atoms with Crippen molar-refractivity contribution in [1.29, 1.82) is 0 Å². The minimum atomic E-state index is -0.459. The molecule has 0 unspecified atom stereocenters. The maximum Gasteiger partial charge on any atom is 0.265 e. The Kier molecular flexibility index (Phi) is 5.41. The van der Waals surface area contributed by atoms with Crippen LogP contribution in [0.2, 0.25) is 0 Å². The van der Waals surface area contributed by atoms with Crippen molar-refractivity contribution in [1.82, 2.24) is 15.1 Å². The second-order valence-electron chi connectivity index (χ2n) is 5.13. The fourth-order valence-corrected chi connectivity index (χ4v) is 2.26. The number of aromatic nitrogens is 2. The Hall–Kier alpha value is -3.03. The quantitative estimate of drug-likeness (QED) is 0.798. The molecular weight excluding hydrogens is 314 g/mol. The summed E-state index contributed by atoms with van der Waals surface area (Å²) < 4.78 is 11.4. The highest BCUT2D eigenvalue weighted by Crippen LogP contribution is 2.29. The maximum atomic E-state index is 12.1. The Balaban J connectivity index is 2.13. The summed E-state index contributed by atoms with van der Waals surface area (Å²) in [7, 11) is 3.08. The normalized spacial score (nSPS) is 11.6. The Morgan fingerprint density at radius 3 is 2.62 bits per heavy atom. The van der Waals surface area contributed by atoms with E-state index in [1.54, 1.807) is 32.2 Å². The first kappa shape index (κ1) is 17.3. The lowest BCUT2D eigenvalue weighted by atomic mass is 10.1. The van der Waals surface area contributed by atoms with Crippen molar-refractivity contribution in [3.63, 3.8) is 0 Å². The minimum Gasteiger partial charge on any atom is -0.497 e. The Labute approximate surface area is 138 Å². The fourth-order valence-electron chi connectivity index (χ4n) is 2.26. The summed E-state index contributed by atoms with van der Waals surface area (Å²) in [4.78, 5) is 35.0. The lowest BCUT2D eigenvalue weighted by Gasteiger charge is -2.18. The molecule has 0 aliphatic heterocycles. The molecule has 1 atom stereocenters. The van der Waals surface area contributed by atoms with Gasteiger partial charge in [-0.2, -0.15) is 0 Å². The third-order valence-corrected chi connectivity index (χ3v) is 3.47. The minimum absolute atomic E-state index is 0.280. The molecule has 0 spiro atoms. The number of hydrogen-bond donors (Lipinski definition) is 2. The van der Waals surface area contributed by atoms with Crippen LogP contribution in [0, 0.1) is 0 Å². The van der Waals surface area contributed by atoms with Crippen molar-refractivity contribution in [2.24, 2.45) is 0 Å². The molecule has 8 nitrogen and oxygen atoms in total. The van der Waals surface area contributed by atoms with Crippen LogP contribution in [0.25, 0.3) is 0 Å². The number of benzene rings is 1. The van der Waals surface area contributed by atoms with E-state index < -0.39 is 17.0 Å². The third-order valence-electron chi connectivity index (χ3n) is 3.47. The molecule has 0 fully saturated rings. The van der Waals surface area contributed by atoms with Gasteiger partial charge in [-0.05, 0) is 19.1 Å². The number of H-pyrrole nitrogens is 1. The van der Waals surface area contributed by atoms with Gasteiger partial charge in [0.2, 0.25) is 5.91 Å². The largest absolute Gasteiger partial charge is 0.497 e. The Bertz CT molecular complexity index is 840. The van der Waals surface area contributed by atoms with Crippen molar-refractivity contribution >= 4 is 5.91 Å². The predicted octanol–water partition coefficient (Wildman–Crippen LogP) is 0.431. The van der Waals surface area contributed by atoms with Crippen LogP contribution in [-0.2, 0) is 11.3 Å². The SMILES string of the molecule is COc1ccc([C@@H](C)NC(=O)Cn2[nH]c(=O)ccc2=O)c(OC)c1. The van der Waals surface area contributed by atoms with Crippen LogP contribution >= 0.6 is 0 Å². The predicted molar refractivity (Wildman–Crippen MR) is 87.4 cm³/mol. The molecular formula is C16H19N3O5. The lowest BCUT2D eigenvalue weighted by Crippen LogP contribution is -2.36. The summed E-state index contributed by atoms with van der Waals surface area (Å²) in [5.74, 6) is 0.805. The topological polar surface area (TPSA) is 102 Å². The number of carbonyl (C=O) groups is 1. The van der Waals surface area contributed by atoms with Gasteiger partial charge in [0.15, 0.2) is 0 Å². The van der Waals surface area contributed by atoms with E-state index in [0.29, 0.717) is 11.5 Å². The number of methoxy groups -OCH3 is 2. The number of nitrogens with zero attached hydrogens (tertiary/aromatic N) is 1. The van der Waals surface area contributed by atoms with Crippen molar-refractivity contribution < 1.29 is 14.3 Å². The number of carbonyl (C=O) groups excluding carboxylic acids is 1. The lowest BCUT2D eigenvalue weighted by molar-refractivity contribution is -0.122. The molecule has 2 N–H and O–H groups in total. The molecule has 2 aromatic rings. The molecule has 0 saturated heterocycles. The molecule has 24 heavy (non-hydrogen) atoms. The molecule has 0 radical (unpaired) electrons. The number of nitrogens with one attached hydrogen (secondary N) is 2. The van der Waals surface area contributed by atoms with Crippen molar-refractivity contribution in [2.45, 2.75) is 19.5 Å². The molecule has 1 amide bonds. The summed E-state index contributed by atoms with van der Waals surface area (Å²) in [5, 5.41) is 5.07. The summed E-state index contributed by atoms with van der Waals surface area (Å²) in [6.07, 6.45) is 0. The zero-order valence-corrected chi connectivity index (χ0v) is 13.7. The maximum absolute atomic E-state index is 12.1. The monoisotopic (exact) mass is 333 g/mol. The van der Waals surface area contributed by atoms with E-state index in [1.807, 2.05) is 0 Å². The molecule has 0 aliphatic carbocycles. The summed E-state index contributed by atoms with van der Waals surface area (Å²) in [5.41, 5.74) is -0.146. The molecule has 128 valence electrons. The summed E-state index contributed by atoms with van der Waals surface area (Å²) >= 11 is 0. The molecule has 0 saturated carbocycles. The first-order valence-electron chi connectivity index (χ1n) is 7.26. The third kappa shape index (κ3) is 4.03. The summed E-state index contributed by atoms with van der Waals surface area (Å²) in [6.45, 7) is 1.51. The van der Waals surface area contributed by atoms with Gasteiger partial charge in [-0.3, -0.25) is 19.5 Å². The highest BCUT2D eigenvalue weighted by molar-refractivity contribution is 5.76. The van der Waals surface area contributed by atoms with Gasteiger partial charge in [-0.15, -0.1) is 0 Å². The number of rotatable bonds is 6. The van der Waals surface area contributed by atoms with E-state index >= 15 is 0 Å². The Morgan fingerprint density at radius 2 is 1.96 bits per heavy atom. The van der Waals surface area contributed by atoms with E-state index in [4.69, 9.17) is 9.47 Å². The van der Waals surface area contributed by atoms with Crippen LogP contribution in [0.4, 0.5) is 0 Å². The van der Waals surface area contributed by atoms with Gasteiger partial charge in [0.1, 0.15) is 18.0 Å². The van der Waals surface area contributed by atoms with Crippen molar-refractivity contribution in [3.05, 3.63) is 56.6 Å². The van der Waals surface area contributed by atoms with Crippen LogP contribution in [0.3, 0.4) is 0 Å². The molecule has 0 bridgehead atoms. The van der Waals surface area contributed by atoms with Gasteiger partial charge >= 0.3 is 0 Å². The van der Waals surface area contributed by atoms with Crippen molar-refractivity contribution in [2.75, 3.05) is 14.2 Å². The molecule has 2 rings (SSSR count). The average molecular weight is 333 g/mol. The van der Waals surface area contributed by atoms with Crippen LogP contribution in [0.5, 0.6) is 11.5 Å². The first-order chi connectivity index (χ1) is 11.4. The Morgan fingerprint density at radius 1 is 1.21 bits per heavy atom. The number of aromatic amines is 1. The van der Waals surface area contributed by atoms with E-state index in [9.17, 15) is 14.4 Å². The second-order valence-corrected chi connectivity index (χ2v) is 5.13. The summed E-state index contributed by atoms with van der Waals surface area (Å²) in [6, 6.07) is 7.14. The number of ether oxygens (including phenoxy) is 2. The highest BCUT2D eigenvalue weighted by atomic mass is 16.5. The van der Waals surface area contributed by atoms with Gasteiger partial charge in [0.05, 0.1) is 20.3 Å². The second kappa shape index (κ2) is 7.49. The first-order valence-corrected chi connectivity index (χ1v) is 7.26. The van der Waals surface area contributed by atoms with Gasteiger partial charge in [0.25, 0.3) is 11.1 Å². The van der Waals surface area contributed by atoms with E-state index in [2.05, 4.69) is 10.4 Å². The zero-order valence-electron chi connectivity index (χ0n) is 13.7. The van der Waals surface area contributed by atoms with Gasteiger partial charge in [0, 0.05) is 23.8 Å². The van der Waals surface area contributed by atoms with Crippen LogP contribution in [0.1, 0.15) is 18.5 Å². The zero-order chi connectivity index (χ0) is 17.7. The molecule has 1 aromatic carbocycles. The molecule has 1 heterocycles. The number of hydrogen-bond acceptors (Lipinski definition) is 5. The van der Waals surface area contributed by atoms with E-state index in [-0.39, 0.29) is 12.6 Å². The number of amides is 1.